The Hall–Kier alpha value is -2.04. The van der Waals surface area contributed by atoms with Gasteiger partial charge in [0.25, 0.3) is 0 Å². The molecule has 0 heterocycles. The number of hydrogen-bond donors (Lipinski definition) is 1. The predicted molar refractivity (Wildman–Crippen MR) is 61.7 cm³/mol. The molecule has 0 saturated heterocycles. The second-order valence-electron chi connectivity index (χ2n) is 3.38. The summed E-state index contributed by atoms with van der Waals surface area (Å²) in [7, 11) is 2.86. The minimum absolute atomic E-state index is 0.106. The van der Waals surface area contributed by atoms with Gasteiger partial charge in [0, 0.05) is 0 Å². The minimum Gasteiger partial charge on any atom is -0.497 e. The molecule has 1 aromatic rings. The molecule has 1 amide bonds. The molecule has 0 aliphatic carbocycles. The summed E-state index contributed by atoms with van der Waals surface area (Å²) in [6, 6.07) is 7.17. The van der Waals surface area contributed by atoms with Crippen molar-refractivity contribution < 1.29 is 19.1 Å². The van der Waals surface area contributed by atoms with E-state index in [1.165, 1.54) is 7.11 Å². The van der Waals surface area contributed by atoms with Crippen LogP contribution in [0.5, 0.6) is 5.75 Å². The fourth-order valence-corrected chi connectivity index (χ4v) is 1.23. The molecule has 5 heteroatoms. The van der Waals surface area contributed by atoms with E-state index < -0.39 is 5.97 Å². The Balaban J connectivity index is 2.42. The Kier molecular flexibility index (Phi) is 5.00. The van der Waals surface area contributed by atoms with Crippen LogP contribution in [0.4, 0.5) is 0 Å². The van der Waals surface area contributed by atoms with Crippen LogP contribution in [-0.2, 0) is 20.7 Å². The molecule has 92 valence electrons. The van der Waals surface area contributed by atoms with E-state index in [0.29, 0.717) is 0 Å². The highest BCUT2D eigenvalue weighted by molar-refractivity contribution is 5.83. The number of nitrogens with one attached hydrogen (secondary N) is 1. The fourth-order valence-electron chi connectivity index (χ4n) is 1.23. The van der Waals surface area contributed by atoms with Gasteiger partial charge >= 0.3 is 5.97 Å². The van der Waals surface area contributed by atoms with Crippen molar-refractivity contribution in [3.05, 3.63) is 29.8 Å². The third-order valence-electron chi connectivity index (χ3n) is 2.18. The molecule has 0 fully saturated rings. The van der Waals surface area contributed by atoms with E-state index in [1.807, 2.05) is 0 Å². The number of ether oxygens (including phenoxy) is 2. The highest BCUT2D eigenvalue weighted by Crippen LogP contribution is 2.11. The van der Waals surface area contributed by atoms with E-state index >= 15 is 0 Å². The lowest BCUT2D eigenvalue weighted by atomic mass is 10.1. The Labute approximate surface area is 99.7 Å². The number of benzene rings is 1. The van der Waals surface area contributed by atoms with Gasteiger partial charge in [0.2, 0.25) is 5.91 Å². The quantitative estimate of drug-likeness (QED) is 0.758. The van der Waals surface area contributed by atoms with Gasteiger partial charge in [-0.05, 0) is 17.7 Å². The van der Waals surface area contributed by atoms with E-state index in [1.54, 1.807) is 31.4 Å². The van der Waals surface area contributed by atoms with Crippen LogP contribution in [0.15, 0.2) is 24.3 Å². The van der Waals surface area contributed by atoms with Crippen molar-refractivity contribution in [2.24, 2.45) is 0 Å². The standard InChI is InChI=1S/C12H15NO4/c1-16-10-5-3-9(4-6-10)7-11(14)13-8-12(15)17-2/h3-6H,7-8H2,1-2H3,(H,13,14). The third-order valence-corrected chi connectivity index (χ3v) is 2.18. The number of methoxy groups -OCH3 is 2. The molecule has 1 rings (SSSR count). The summed E-state index contributed by atoms with van der Waals surface area (Å²) in [6.45, 7) is -0.106. The largest absolute Gasteiger partial charge is 0.497 e. The summed E-state index contributed by atoms with van der Waals surface area (Å²) in [5, 5.41) is 2.47. The highest BCUT2D eigenvalue weighted by Gasteiger charge is 2.06. The maximum Gasteiger partial charge on any atom is 0.325 e. The summed E-state index contributed by atoms with van der Waals surface area (Å²) < 4.78 is 9.42. The molecular formula is C12H15NO4. The van der Waals surface area contributed by atoms with Crippen molar-refractivity contribution in [2.45, 2.75) is 6.42 Å². The smallest absolute Gasteiger partial charge is 0.325 e. The molecule has 17 heavy (non-hydrogen) atoms. The Morgan fingerprint density at radius 2 is 1.82 bits per heavy atom. The SMILES string of the molecule is COC(=O)CNC(=O)Cc1ccc(OC)cc1. The van der Waals surface area contributed by atoms with Gasteiger partial charge in [-0.1, -0.05) is 12.1 Å². The molecule has 0 spiro atoms. The monoisotopic (exact) mass is 237 g/mol. The molecule has 1 N–H and O–H groups in total. The molecule has 0 unspecified atom stereocenters. The Morgan fingerprint density at radius 1 is 1.18 bits per heavy atom. The van der Waals surface area contributed by atoms with Crippen molar-refractivity contribution >= 4 is 11.9 Å². The number of rotatable bonds is 5. The topological polar surface area (TPSA) is 64.6 Å². The van der Waals surface area contributed by atoms with Crippen LogP contribution in [0.25, 0.3) is 0 Å². The molecular weight excluding hydrogens is 222 g/mol. The molecule has 0 aromatic heterocycles. The number of esters is 1. The van der Waals surface area contributed by atoms with Gasteiger partial charge in [-0.25, -0.2) is 0 Å². The van der Waals surface area contributed by atoms with Gasteiger partial charge in [-0.3, -0.25) is 9.59 Å². The molecule has 0 radical (unpaired) electrons. The normalized spacial score (nSPS) is 9.53. The maximum atomic E-state index is 11.4. The first kappa shape index (κ1) is 13.0. The average molecular weight is 237 g/mol. The van der Waals surface area contributed by atoms with Crippen LogP contribution < -0.4 is 10.1 Å². The van der Waals surface area contributed by atoms with Crippen molar-refractivity contribution in [3.63, 3.8) is 0 Å². The van der Waals surface area contributed by atoms with E-state index in [9.17, 15) is 9.59 Å². The zero-order valence-electron chi connectivity index (χ0n) is 9.86. The predicted octanol–water partition coefficient (Wildman–Crippen LogP) is 0.527. The number of amides is 1. The van der Waals surface area contributed by atoms with Gasteiger partial charge in [0.05, 0.1) is 20.6 Å². The van der Waals surface area contributed by atoms with Gasteiger partial charge < -0.3 is 14.8 Å². The van der Waals surface area contributed by atoms with E-state index in [-0.39, 0.29) is 18.9 Å². The van der Waals surface area contributed by atoms with Crippen LogP contribution in [0.3, 0.4) is 0 Å². The number of carbonyl (C=O) groups is 2. The lowest BCUT2D eigenvalue weighted by molar-refractivity contribution is -0.141. The Bertz CT molecular complexity index is 386. The number of carbonyl (C=O) groups excluding carboxylic acids is 2. The lowest BCUT2D eigenvalue weighted by Gasteiger charge is -2.05. The molecule has 0 bridgehead atoms. The van der Waals surface area contributed by atoms with E-state index in [4.69, 9.17) is 4.74 Å². The van der Waals surface area contributed by atoms with Crippen LogP contribution in [0.2, 0.25) is 0 Å². The zero-order chi connectivity index (χ0) is 12.7. The molecule has 1 aromatic carbocycles. The van der Waals surface area contributed by atoms with Crippen LogP contribution in [-0.4, -0.2) is 32.6 Å². The Morgan fingerprint density at radius 3 is 2.35 bits per heavy atom. The van der Waals surface area contributed by atoms with Crippen LogP contribution in [0, 0.1) is 0 Å². The van der Waals surface area contributed by atoms with E-state index in [0.717, 1.165) is 11.3 Å². The summed E-state index contributed by atoms with van der Waals surface area (Å²) >= 11 is 0. The molecule has 5 nitrogen and oxygen atoms in total. The van der Waals surface area contributed by atoms with Crippen molar-refractivity contribution in [3.8, 4) is 5.75 Å². The molecule has 0 aliphatic heterocycles. The lowest BCUT2D eigenvalue weighted by Crippen LogP contribution is -2.31. The second kappa shape index (κ2) is 6.52. The van der Waals surface area contributed by atoms with Crippen LogP contribution in [0.1, 0.15) is 5.56 Å². The average Bonchev–Trinajstić information content (AvgIpc) is 2.36. The first-order valence-corrected chi connectivity index (χ1v) is 5.12. The van der Waals surface area contributed by atoms with Crippen molar-refractivity contribution in [1.29, 1.82) is 0 Å². The summed E-state index contributed by atoms with van der Waals surface area (Å²) in [6.07, 6.45) is 0.223. The van der Waals surface area contributed by atoms with Crippen molar-refractivity contribution in [2.75, 3.05) is 20.8 Å². The fraction of sp³-hybridized carbons (Fsp3) is 0.333. The van der Waals surface area contributed by atoms with Crippen LogP contribution >= 0.6 is 0 Å². The third kappa shape index (κ3) is 4.55. The molecule has 0 saturated carbocycles. The van der Waals surface area contributed by atoms with Gasteiger partial charge in [-0.2, -0.15) is 0 Å². The summed E-state index contributed by atoms with van der Waals surface area (Å²) in [5.74, 6) is 0.0531. The van der Waals surface area contributed by atoms with Gasteiger partial charge in [0.1, 0.15) is 12.3 Å². The maximum absolute atomic E-state index is 11.4. The summed E-state index contributed by atoms with van der Waals surface area (Å²) in [5.41, 5.74) is 0.855. The highest BCUT2D eigenvalue weighted by atomic mass is 16.5. The minimum atomic E-state index is -0.465. The van der Waals surface area contributed by atoms with Crippen molar-refractivity contribution in [1.82, 2.24) is 5.32 Å². The first-order valence-electron chi connectivity index (χ1n) is 5.12. The second-order valence-corrected chi connectivity index (χ2v) is 3.38. The van der Waals surface area contributed by atoms with Gasteiger partial charge in [-0.15, -0.1) is 0 Å². The van der Waals surface area contributed by atoms with E-state index in [2.05, 4.69) is 10.1 Å². The molecule has 0 atom stereocenters. The van der Waals surface area contributed by atoms with Gasteiger partial charge in [0.15, 0.2) is 0 Å². The zero-order valence-corrected chi connectivity index (χ0v) is 9.86. The number of hydrogen-bond acceptors (Lipinski definition) is 4. The summed E-state index contributed by atoms with van der Waals surface area (Å²) in [4.78, 5) is 22.2. The molecule has 0 aliphatic rings. The first-order chi connectivity index (χ1) is 8.15.